The van der Waals surface area contributed by atoms with Gasteiger partial charge in [-0.15, -0.1) is 0 Å². The third-order valence-corrected chi connectivity index (χ3v) is 8.01. The third kappa shape index (κ3) is 27.7. The van der Waals surface area contributed by atoms with Crippen LogP contribution in [0.25, 0.3) is 0 Å². The second-order valence-electron chi connectivity index (χ2n) is 11.4. The van der Waals surface area contributed by atoms with Crippen molar-refractivity contribution in [3.05, 3.63) is 12.2 Å². The standard InChI is InChI=1S/C32H60NO10P/c1-3-5-7-9-11-12-13-14-15-16-18-19-21-23-30(35)33-29(32(37)38)27-43-44(39,40)42-26-28(34)25-41-31(36)24-22-20-17-10-8-6-4-2/h12-13,28-29,34H,3-11,14-27H2,1-2H3,(H,33,35)(H,37,38)(H,39,40)/b13-12-. The number of ether oxygens (including phenoxy) is 1. The van der Waals surface area contributed by atoms with Crippen molar-refractivity contribution in [3.8, 4) is 0 Å². The molecule has 258 valence electrons. The number of phosphoric acid groups is 1. The van der Waals surface area contributed by atoms with Gasteiger partial charge >= 0.3 is 19.8 Å². The van der Waals surface area contributed by atoms with E-state index in [1.165, 1.54) is 44.9 Å². The molecule has 0 aromatic heterocycles. The maximum absolute atomic E-state index is 12.2. The van der Waals surface area contributed by atoms with Crippen LogP contribution in [0, 0.1) is 0 Å². The number of phosphoric ester groups is 1. The smallest absolute Gasteiger partial charge is 0.472 e. The lowest BCUT2D eigenvalue weighted by Crippen LogP contribution is -2.43. The summed E-state index contributed by atoms with van der Waals surface area (Å²) < 4.78 is 26.5. The molecule has 0 rings (SSSR count). The highest BCUT2D eigenvalue weighted by molar-refractivity contribution is 7.47. The molecule has 0 radical (unpaired) electrons. The number of nitrogens with one attached hydrogen (secondary N) is 1. The van der Waals surface area contributed by atoms with Crippen LogP contribution in [-0.2, 0) is 32.7 Å². The molecule has 11 nitrogen and oxygen atoms in total. The summed E-state index contributed by atoms with van der Waals surface area (Å²) in [6, 6.07) is -1.54. The van der Waals surface area contributed by atoms with Crippen molar-refractivity contribution in [2.75, 3.05) is 19.8 Å². The first-order chi connectivity index (χ1) is 21.1. The van der Waals surface area contributed by atoms with Gasteiger partial charge in [-0.05, 0) is 38.5 Å². The van der Waals surface area contributed by atoms with Gasteiger partial charge in [0.05, 0.1) is 13.2 Å². The number of carbonyl (C=O) groups excluding carboxylic acids is 2. The number of carbonyl (C=O) groups is 3. The Balaban J connectivity index is 4.05. The first-order valence-corrected chi connectivity index (χ1v) is 18.2. The van der Waals surface area contributed by atoms with Crippen molar-refractivity contribution in [1.29, 1.82) is 0 Å². The number of esters is 1. The Hall–Kier alpha value is -1.78. The second kappa shape index (κ2) is 28.7. The van der Waals surface area contributed by atoms with Crippen LogP contribution in [0.1, 0.15) is 142 Å². The normalized spacial score (nSPS) is 14.3. The van der Waals surface area contributed by atoms with Crippen molar-refractivity contribution in [1.82, 2.24) is 5.32 Å². The van der Waals surface area contributed by atoms with Crippen LogP contribution in [0.5, 0.6) is 0 Å². The third-order valence-electron chi connectivity index (χ3n) is 7.05. The number of unbranched alkanes of at least 4 members (excludes halogenated alkanes) is 15. The van der Waals surface area contributed by atoms with Gasteiger partial charge in [-0.1, -0.05) is 103 Å². The maximum atomic E-state index is 12.2. The van der Waals surface area contributed by atoms with Gasteiger partial charge < -0.3 is 25.2 Å². The highest BCUT2D eigenvalue weighted by Crippen LogP contribution is 2.43. The lowest BCUT2D eigenvalue weighted by atomic mass is 10.1. The summed E-state index contributed by atoms with van der Waals surface area (Å²) in [7, 11) is -4.74. The summed E-state index contributed by atoms with van der Waals surface area (Å²) in [5.41, 5.74) is 0. The van der Waals surface area contributed by atoms with Crippen molar-refractivity contribution >= 4 is 25.7 Å². The molecule has 1 amide bonds. The minimum absolute atomic E-state index is 0.137. The molecule has 0 aromatic rings. The predicted octanol–water partition coefficient (Wildman–Crippen LogP) is 6.99. The number of allylic oxidation sites excluding steroid dienone is 2. The zero-order valence-electron chi connectivity index (χ0n) is 27.2. The van der Waals surface area contributed by atoms with Gasteiger partial charge in [-0.3, -0.25) is 18.6 Å². The number of amides is 1. The van der Waals surface area contributed by atoms with Crippen molar-refractivity contribution in [2.45, 2.75) is 154 Å². The highest BCUT2D eigenvalue weighted by atomic mass is 31.2. The van der Waals surface area contributed by atoms with Crippen LogP contribution in [0.2, 0.25) is 0 Å². The largest absolute Gasteiger partial charge is 0.480 e. The molecule has 3 atom stereocenters. The van der Waals surface area contributed by atoms with E-state index in [4.69, 9.17) is 13.8 Å². The Morgan fingerprint density at radius 3 is 1.75 bits per heavy atom. The second-order valence-corrected chi connectivity index (χ2v) is 12.8. The van der Waals surface area contributed by atoms with Crippen molar-refractivity contribution in [3.63, 3.8) is 0 Å². The van der Waals surface area contributed by atoms with Gasteiger partial charge in [0, 0.05) is 12.8 Å². The van der Waals surface area contributed by atoms with Gasteiger partial charge in [0.15, 0.2) is 6.04 Å². The molecule has 0 fully saturated rings. The zero-order chi connectivity index (χ0) is 32.9. The van der Waals surface area contributed by atoms with Gasteiger partial charge in [0.1, 0.15) is 12.7 Å². The number of aliphatic carboxylic acids is 1. The Morgan fingerprint density at radius 2 is 1.18 bits per heavy atom. The average molecular weight is 650 g/mol. The number of hydrogen-bond donors (Lipinski definition) is 4. The predicted molar refractivity (Wildman–Crippen MR) is 171 cm³/mol. The molecule has 0 saturated heterocycles. The van der Waals surface area contributed by atoms with E-state index < -0.39 is 57.6 Å². The van der Waals surface area contributed by atoms with E-state index in [1.807, 2.05) is 0 Å². The SMILES string of the molecule is CCCCCC/C=C\CCCCCCCC(=O)NC(COP(=O)(O)OCC(O)COC(=O)CCCCCCCCC)C(=O)O. The van der Waals surface area contributed by atoms with E-state index in [0.717, 1.165) is 57.8 Å². The van der Waals surface area contributed by atoms with Crippen LogP contribution in [-0.4, -0.2) is 64.9 Å². The van der Waals surface area contributed by atoms with Gasteiger partial charge in [-0.2, -0.15) is 0 Å². The van der Waals surface area contributed by atoms with Gasteiger partial charge in [0.2, 0.25) is 5.91 Å². The van der Waals surface area contributed by atoms with Crippen molar-refractivity contribution < 1.29 is 47.8 Å². The number of carboxylic acids is 1. The number of rotatable bonds is 31. The number of aliphatic hydroxyl groups excluding tert-OH is 1. The van der Waals surface area contributed by atoms with E-state index in [0.29, 0.717) is 12.8 Å². The fourth-order valence-corrected chi connectivity index (χ4v) is 5.14. The summed E-state index contributed by atoms with van der Waals surface area (Å²) in [5, 5.41) is 21.6. The first-order valence-electron chi connectivity index (χ1n) is 16.7. The highest BCUT2D eigenvalue weighted by Gasteiger charge is 2.28. The van der Waals surface area contributed by atoms with Crippen LogP contribution < -0.4 is 5.32 Å². The Kier molecular flexibility index (Phi) is 27.5. The first kappa shape index (κ1) is 42.2. The molecule has 0 aromatic carbocycles. The molecular weight excluding hydrogens is 589 g/mol. The topological polar surface area (TPSA) is 169 Å². The molecule has 0 bridgehead atoms. The molecule has 0 heterocycles. The minimum Gasteiger partial charge on any atom is -0.480 e. The Bertz CT molecular complexity index is 823. The maximum Gasteiger partial charge on any atom is 0.472 e. The summed E-state index contributed by atoms with van der Waals surface area (Å²) in [5.74, 6) is -2.39. The summed E-state index contributed by atoms with van der Waals surface area (Å²) in [4.78, 5) is 45.3. The fraction of sp³-hybridized carbons (Fsp3) is 0.844. The molecule has 4 N–H and O–H groups in total. The fourth-order valence-electron chi connectivity index (χ4n) is 4.37. The summed E-state index contributed by atoms with van der Waals surface area (Å²) >= 11 is 0. The van der Waals surface area contributed by atoms with E-state index >= 15 is 0 Å². The van der Waals surface area contributed by atoms with E-state index in [1.54, 1.807) is 0 Å². The lowest BCUT2D eigenvalue weighted by molar-refractivity contribution is -0.147. The van der Waals surface area contributed by atoms with Crippen LogP contribution in [0.3, 0.4) is 0 Å². The van der Waals surface area contributed by atoms with E-state index in [9.17, 15) is 34.1 Å². The molecule has 12 heteroatoms. The average Bonchev–Trinajstić information content (AvgIpc) is 2.98. The monoisotopic (exact) mass is 649 g/mol. The summed E-state index contributed by atoms with van der Waals surface area (Å²) in [6.07, 6.45) is 22.7. The molecule has 44 heavy (non-hydrogen) atoms. The van der Waals surface area contributed by atoms with Crippen molar-refractivity contribution in [2.24, 2.45) is 0 Å². The molecule has 0 spiro atoms. The molecule has 3 unspecified atom stereocenters. The number of aliphatic hydroxyl groups is 1. The Labute approximate surface area is 265 Å². The van der Waals surface area contributed by atoms with Gasteiger partial charge in [0.25, 0.3) is 0 Å². The minimum atomic E-state index is -4.74. The molecule has 0 saturated carbocycles. The molecule has 0 aliphatic carbocycles. The molecule has 0 aliphatic heterocycles. The number of carboxylic acid groups (broad SMARTS) is 1. The molecule has 0 aliphatic rings. The van der Waals surface area contributed by atoms with E-state index in [2.05, 4.69) is 31.3 Å². The zero-order valence-corrected chi connectivity index (χ0v) is 28.1. The quantitative estimate of drug-likeness (QED) is 0.0266. The summed E-state index contributed by atoms with van der Waals surface area (Å²) in [6.45, 7) is 2.47. The lowest BCUT2D eigenvalue weighted by Gasteiger charge is -2.18. The molecular formula is C32H60NO10P. The van der Waals surface area contributed by atoms with Crippen LogP contribution >= 0.6 is 7.82 Å². The van der Waals surface area contributed by atoms with Crippen LogP contribution in [0.4, 0.5) is 0 Å². The van der Waals surface area contributed by atoms with Crippen LogP contribution in [0.15, 0.2) is 12.2 Å². The van der Waals surface area contributed by atoms with Gasteiger partial charge in [-0.25, -0.2) is 9.36 Å². The van der Waals surface area contributed by atoms with E-state index in [-0.39, 0.29) is 12.8 Å². The Morgan fingerprint density at radius 1 is 0.705 bits per heavy atom. The number of hydrogen-bond acceptors (Lipinski definition) is 8.